The molecule has 0 saturated heterocycles. The Morgan fingerprint density at radius 3 is 2.07 bits per heavy atom. The Balaban J connectivity index is 1.61. The largest absolute Gasteiger partial charge is 0.488 e. The third-order valence-electron chi connectivity index (χ3n) is 4.10. The predicted octanol–water partition coefficient (Wildman–Crippen LogP) is 5.23. The molecule has 0 spiro atoms. The smallest absolute Gasteiger partial charge is 0.354 e. The summed E-state index contributed by atoms with van der Waals surface area (Å²) in [6, 6.07) is 24.8. The lowest BCUT2D eigenvalue weighted by atomic mass is 10.1. The van der Waals surface area contributed by atoms with Gasteiger partial charge in [-0.1, -0.05) is 71.9 Å². The molecule has 29 heavy (non-hydrogen) atoms. The van der Waals surface area contributed by atoms with Crippen molar-refractivity contribution in [1.29, 1.82) is 0 Å². The zero-order valence-electron chi connectivity index (χ0n) is 15.6. The van der Waals surface area contributed by atoms with Crippen molar-refractivity contribution < 1.29 is 19.5 Å². The molecule has 3 aromatic rings. The van der Waals surface area contributed by atoms with Crippen LogP contribution >= 0.6 is 15.9 Å². The summed E-state index contributed by atoms with van der Waals surface area (Å²) in [6.45, 7) is 0.668. The minimum absolute atomic E-state index is 0.0641. The van der Waals surface area contributed by atoms with Crippen LogP contribution in [0.5, 0.6) is 5.75 Å². The van der Waals surface area contributed by atoms with E-state index < -0.39 is 5.97 Å². The van der Waals surface area contributed by atoms with Crippen LogP contribution < -0.4 is 4.74 Å². The maximum atomic E-state index is 11.5. The molecule has 3 aromatic carbocycles. The fraction of sp³-hybridized carbons (Fsp3) is 0.130. The molecule has 0 bridgehead atoms. The van der Waals surface area contributed by atoms with Gasteiger partial charge in [0.25, 0.3) is 0 Å². The molecule has 0 aliphatic carbocycles. The van der Waals surface area contributed by atoms with Crippen molar-refractivity contribution in [3.05, 3.63) is 100 Å². The first-order chi connectivity index (χ1) is 14.1. The van der Waals surface area contributed by atoms with Gasteiger partial charge in [0, 0.05) is 6.42 Å². The maximum absolute atomic E-state index is 11.5. The highest BCUT2D eigenvalue weighted by Crippen LogP contribution is 2.27. The predicted molar refractivity (Wildman–Crippen MR) is 115 cm³/mol. The van der Waals surface area contributed by atoms with Crippen molar-refractivity contribution in [1.82, 2.24) is 0 Å². The average molecular weight is 454 g/mol. The lowest BCUT2D eigenvalue weighted by Gasteiger charge is -2.10. The summed E-state index contributed by atoms with van der Waals surface area (Å²) in [5.74, 6) is -0.426. The van der Waals surface area contributed by atoms with Gasteiger partial charge < -0.3 is 14.7 Å². The van der Waals surface area contributed by atoms with Crippen molar-refractivity contribution in [2.45, 2.75) is 19.6 Å². The molecule has 0 atom stereocenters. The second-order valence-corrected chi connectivity index (χ2v) is 7.17. The van der Waals surface area contributed by atoms with Crippen LogP contribution in [0.2, 0.25) is 0 Å². The van der Waals surface area contributed by atoms with E-state index in [9.17, 15) is 9.90 Å². The highest BCUT2D eigenvalue weighted by molar-refractivity contribution is 9.10. The molecule has 0 aliphatic heterocycles. The first-order valence-corrected chi connectivity index (χ1v) is 9.82. The molecule has 0 fully saturated rings. The molecule has 1 N–H and O–H groups in total. The fourth-order valence-corrected chi connectivity index (χ4v) is 3.15. The van der Waals surface area contributed by atoms with E-state index in [-0.39, 0.29) is 18.7 Å². The topological polar surface area (TPSA) is 68.1 Å². The monoisotopic (exact) mass is 453 g/mol. The van der Waals surface area contributed by atoms with E-state index in [2.05, 4.69) is 21.1 Å². The van der Waals surface area contributed by atoms with Gasteiger partial charge in [0.15, 0.2) is 5.71 Å². The van der Waals surface area contributed by atoms with Crippen LogP contribution in [0.3, 0.4) is 0 Å². The Bertz CT molecular complexity index is 975. The van der Waals surface area contributed by atoms with Gasteiger partial charge >= 0.3 is 5.97 Å². The summed E-state index contributed by atoms with van der Waals surface area (Å²) in [4.78, 5) is 16.7. The molecule has 0 saturated carbocycles. The Labute approximate surface area is 177 Å². The molecule has 148 valence electrons. The van der Waals surface area contributed by atoms with Gasteiger partial charge in [-0.25, -0.2) is 4.79 Å². The standard InChI is InChI=1S/C23H20BrNO4/c24-20-13-19(11-12-22(20)28-15-17-7-3-1-4-8-17)14-21(23(26)27)25-29-16-18-9-5-2-6-10-18/h1-13H,14-16H2,(H,26,27)/b25-21-. The van der Waals surface area contributed by atoms with E-state index in [0.717, 1.165) is 21.2 Å². The number of carboxylic acid groups (broad SMARTS) is 1. The summed E-state index contributed by atoms with van der Waals surface area (Å²) in [7, 11) is 0. The number of nitrogens with zero attached hydrogens (tertiary/aromatic N) is 1. The Morgan fingerprint density at radius 1 is 0.862 bits per heavy atom. The zero-order valence-corrected chi connectivity index (χ0v) is 17.2. The minimum atomic E-state index is -1.11. The highest BCUT2D eigenvalue weighted by Gasteiger charge is 2.13. The van der Waals surface area contributed by atoms with Gasteiger partial charge in [-0.3, -0.25) is 0 Å². The maximum Gasteiger partial charge on any atom is 0.354 e. The van der Waals surface area contributed by atoms with Crippen LogP contribution in [-0.4, -0.2) is 16.8 Å². The summed E-state index contributed by atoms with van der Waals surface area (Å²) in [5.41, 5.74) is 2.71. The number of halogens is 1. The quantitative estimate of drug-likeness (QED) is 0.355. The van der Waals surface area contributed by atoms with Crippen molar-refractivity contribution in [3.63, 3.8) is 0 Å². The van der Waals surface area contributed by atoms with Gasteiger partial charge in [-0.15, -0.1) is 0 Å². The molecule has 0 aromatic heterocycles. The number of aliphatic carboxylic acids is 1. The molecular weight excluding hydrogens is 434 g/mol. The Morgan fingerprint density at radius 2 is 1.48 bits per heavy atom. The summed E-state index contributed by atoms with van der Waals surface area (Å²) in [6.07, 6.45) is 0.141. The average Bonchev–Trinajstić information content (AvgIpc) is 2.74. The van der Waals surface area contributed by atoms with Gasteiger partial charge in [0.05, 0.1) is 4.47 Å². The number of oxime groups is 1. The van der Waals surface area contributed by atoms with E-state index in [1.165, 1.54) is 0 Å². The van der Waals surface area contributed by atoms with Crippen molar-refractivity contribution in [3.8, 4) is 5.75 Å². The van der Waals surface area contributed by atoms with Crippen molar-refractivity contribution in [2.24, 2.45) is 5.16 Å². The van der Waals surface area contributed by atoms with E-state index in [1.54, 1.807) is 0 Å². The summed E-state index contributed by atoms with van der Waals surface area (Å²) >= 11 is 3.49. The summed E-state index contributed by atoms with van der Waals surface area (Å²) in [5, 5.41) is 13.2. The van der Waals surface area contributed by atoms with Crippen molar-refractivity contribution >= 4 is 27.6 Å². The first-order valence-electron chi connectivity index (χ1n) is 9.03. The highest BCUT2D eigenvalue weighted by atomic mass is 79.9. The zero-order chi connectivity index (χ0) is 20.5. The van der Waals surface area contributed by atoms with Crippen LogP contribution in [0.25, 0.3) is 0 Å². The second kappa shape index (κ2) is 10.4. The third kappa shape index (κ3) is 6.47. The number of carboxylic acids is 1. The molecular formula is C23H20BrNO4. The first kappa shape index (κ1) is 20.6. The van der Waals surface area contributed by atoms with Crippen LogP contribution in [0.4, 0.5) is 0 Å². The lowest BCUT2D eigenvalue weighted by molar-refractivity contribution is -0.129. The molecule has 6 heteroatoms. The van der Waals surface area contributed by atoms with E-state index in [4.69, 9.17) is 9.57 Å². The summed E-state index contributed by atoms with van der Waals surface area (Å²) < 4.78 is 6.58. The molecule has 0 amide bonds. The van der Waals surface area contributed by atoms with Crippen LogP contribution in [0.15, 0.2) is 88.5 Å². The number of carbonyl (C=O) groups is 1. The van der Waals surface area contributed by atoms with Crippen LogP contribution in [0, 0.1) is 0 Å². The van der Waals surface area contributed by atoms with Crippen molar-refractivity contribution in [2.75, 3.05) is 0 Å². The number of hydrogen-bond donors (Lipinski definition) is 1. The molecule has 0 heterocycles. The van der Waals surface area contributed by atoms with Gasteiger partial charge in [-0.05, 0) is 44.8 Å². The molecule has 3 rings (SSSR count). The minimum Gasteiger partial charge on any atom is -0.488 e. The van der Waals surface area contributed by atoms with Crippen LogP contribution in [0.1, 0.15) is 16.7 Å². The second-order valence-electron chi connectivity index (χ2n) is 6.32. The molecule has 5 nitrogen and oxygen atoms in total. The number of hydrogen-bond acceptors (Lipinski definition) is 4. The normalized spacial score (nSPS) is 11.1. The molecule has 0 unspecified atom stereocenters. The SMILES string of the molecule is O=C(O)/C(Cc1ccc(OCc2ccccc2)c(Br)c1)=N\OCc1ccccc1. The number of ether oxygens (including phenoxy) is 1. The lowest BCUT2D eigenvalue weighted by Crippen LogP contribution is -2.16. The molecule has 0 aliphatic rings. The Kier molecular flexibility index (Phi) is 7.41. The van der Waals surface area contributed by atoms with Gasteiger partial charge in [0.2, 0.25) is 0 Å². The van der Waals surface area contributed by atoms with E-state index in [0.29, 0.717) is 12.4 Å². The van der Waals surface area contributed by atoms with Crippen LogP contribution in [-0.2, 0) is 29.3 Å². The Hall–Kier alpha value is -3.12. The van der Waals surface area contributed by atoms with Gasteiger partial charge in [-0.2, -0.15) is 0 Å². The molecule has 0 radical (unpaired) electrons. The number of rotatable bonds is 9. The fourth-order valence-electron chi connectivity index (χ4n) is 2.61. The third-order valence-corrected chi connectivity index (χ3v) is 4.72. The number of benzene rings is 3. The van der Waals surface area contributed by atoms with E-state index in [1.807, 2.05) is 78.9 Å². The van der Waals surface area contributed by atoms with Gasteiger partial charge in [0.1, 0.15) is 19.0 Å². The van der Waals surface area contributed by atoms with E-state index >= 15 is 0 Å².